The molecular weight excluding hydrogens is 214 g/mol. The highest BCUT2D eigenvalue weighted by Crippen LogP contribution is 2.08. The van der Waals surface area contributed by atoms with E-state index in [1.54, 1.807) is 31.4 Å². The number of hydrogen-bond acceptors (Lipinski definition) is 3. The highest BCUT2D eigenvalue weighted by Gasteiger charge is 1.86. The molecular formula is C14H17NO2. The predicted molar refractivity (Wildman–Crippen MR) is 69.0 cm³/mol. The smallest absolute Gasteiger partial charge is 0.118 e. The van der Waals surface area contributed by atoms with Gasteiger partial charge in [0.25, 0.3) is 0 Å². The lowest BCUT2D eigenvalue weighted by Crippen LogP contribution is -1.94. The van der Waals surface area contributed by atoms with Crippen LogP contribution in [0.4, 0.5) is 0 Å². The molecule has 0 spiro atoms. The standard InChI is InChI=1S/C7H9NO.C7H8O/c8-5-6-1-3-7(9)4-2-6;1-8-7-5-3-2-4-6-7/h1-4,9H,5,8H2;2-6H,1H3. The summed E-state index contributed by atoms with van der Waals surface area (Å²) in [5.41, 5.74) is 6.35. The van der Waals surface area contributed by atoms with Crippen molar-refractivity contribution < 1.29 is 9.84 Å². The molecule has 3 heteroatoms. The van der Waals surface area contributed by atoms with E-state index >= 15 is 0 Å². The summed E-state index contributed by atoms with van der Waals surface area (Å²) in [5.74, 6) is 1.19. The van der Waals surface area contributed by atoms with E-state index in [9.17, 15) is 0 Å². The fourth-order valence-electron chi connectivity index (χ4n) is 1.19. The molecule has 0 atom stereocenters. The van der Waals surface area contributed by atoms with Crippen molar-refractivity contribution in [2.24, 2.45) is 5.73 Å². The topological polar surface area (TPSA) is 55.5 Å². The van der Waals surface area contributed by atoms with Gasteiger partial charge >= 0.3 is 0 Å². The lowest BCUT2D eigenvalue weighted by atomic mass is 10.2. The van der Waals surface area contributed by atoms with Crippen LogP contribution in [0.3, 0.4) is 0 Å². The Hall–Kier alpha value is -2.00. The Balaban J connectivity index is 0.000000171. The van der Waals surface area contributed by atoms with Crippen molar-refractivity contribution in [3.63, 3.8) is 0 Å². The van der Waals surface area contributed by atoms with Crippen LogP contribution in [0.25, 0.3) is 0 Å². The minimum Gasteiger partial charge on any atom is -0.508 e. The Morgan fingerprint density at radius 2 is 1.59 bits per heavy atom. The van der Waals surface area contributed by atoms with E-state index in [1.807, 2.05) is 30.3 Å². The Labute approximate surface area is 101 Å². The van der Waals surface area contributed by atoms with E-state index in [0.29, 0.717) is 6.54 Å². The minimum absolute atomic E-state index is 0.284. The number of para-hydroxylation sites is 1. The normalized spacial score (nSPS) is 9.06. The molecule has 2 aromatic carbocycles. The van der Waals surface area contributed by atoms with Gasteiger partial charge in [-0.25, -0.2) is 0 Å². The van der Waals surface area contributed by atoms with E-state index in [2.05, 4.69) is 0 Å². The maximum atomic E-state index is 8.81. The molecule has 0 bridgehead atoms. The largest absolute Gasteiger partial charge is 0.508 e. The van der Waals surface area contributed by atoms with Crippen LogP contribution >= 0.6 is 0 Å². The Morgan fingerprint density at radius 3 is 2.00 bits per heavy atom. The summed E-state index contributed by atoms with van der Waals surface area (Å²) < 4.78 is 4.91. The van der Waals surface area contributed by atoms with E-state index in [0.717, 1.165) is 11.3 Å². The number of phenolic OH excluding ortho intramolecular Hbond substituents is 1. The van der Waals surface area contributed by atoms with Gasteiger partial charge in [-0.05, 0) is 29.8 Å². The molecule has 0 fully saturated rings. The highest BCUT2D eigenvalue weighted by molar-refractivity contribution is 5.25. The van der Waals surface area contributed by atoms with E-state index in [1.165, 1.54) is 0 Å². The lowest BCUT2D eigenvalue weighted by Gasteiger charge is -1.93. The van der Waals surface area contributed by atoms with Gasteiger partial charge in [-0.1, -0.05) is 30.3 Å². The Kier molecular flexibility index (Phi) is 5.61. The number of aromatic hydroxyl groups is 1. The molecule has 3 N–H and O–H groups in total. The monoisotopic (exact) mass is 231 g/mol. The number of hydrogen-bond donors (Lipinski definition) is 2. The third-order valence-electron chi connectivity index (χ3n) is 2.15. The van der Waals surface area contributed by atoms with Crippen LogP contribution in [0.1, 0.15) is 5.56 Å². The quantitative estimate of drug-likeness (QED) is 0.835. The number of nitrogens with two attached hydrogens (primary N) is 1. The number of ether oxygens (including phenoxy) is 1. The van der Waals surface area contributed by atoms with Gasteiger partial charge in [-0.15, -0.1) is 0 Å². The summed E-state index contributed by atoms with van der Waals surface area (Å²) in [7, 11) is 1.66. The summed E-state index contributed by atoms with van der Waals surface area (Å²) in [5, 5.41) is 8.81. The second-order valence-electron chi connectivity index (χ2n) is 3.39. The zero-order valence-corrected chi connectivity index (χ0v) is 9.84. The second-order valence-corrected chi connectivity index (χ2v) is 3.39. The molecule has 17 heavy (non-hydrogen) atoms. The Bertz CT molecular complexity index is 412. The average Bonchev–Trinajstić information content (AvgIpc) is 2.41. The molecule has 0 aliphatic rings. The van der Waals surface area contributed by atoms with Crippen LogP contribution in [0.15, 0.2) is 54.6 Å². The first-order valence-corrected chi connectivity index (χ1v) is 5.33. The molecule has 2 rings (SSSR count). The van der Waals surface area contributed by atoms with Gasteiger partial charge in [0.2, 0.25) is 0 Å². The molecule has 0 aliphatic carbocycles. The molecule has 0 heterocycles. The molecule has 0 aromatic heterocycles. The van der Waals surface area contributed by atoms with Crippen molar-refractivity contribution in [2.75, 3.05) is 7.11 Å². The van der Waals surface area contributed by atoms with Crippen molar-refractivity contribution >= 4 is 0 Å². The summed E-state index contributed by atoms with van der Waals surface area (Å²) >= 11 is 0. The molecule has 0 saturated heterocycles. The summed E-state index contributed by atoms with van der Waals surface area (Å²) in [6, 6.07) is 16.5. The number of phenols is 1. The van der Waals surface area contributed by atoms with Crippen molar-refractivity contribution in [2.45, 2.75) is 6.54 Å². The molecule has 0 saturated carbocycles. The maximum Gasteiger partial charge on any atom is 0.118 e. The summed E-state index contributed by atoms with van der Waals surface area (Å²) in [4.78, 5) is 0. The maximum absolute atomic E-state index is 8.81. The van der Waals surface area contributed by atoms with Crippen molar-refractivity contribution in [1.82, 2.24) is 0 Å². The molecule has 0 unspecified atom stereocenters. The number of rotatable bonds is 2. The fraction of sp³-hybridized carbons (Fsp3) is 0.143. The Morgan fingerprint density at radius 1 is 1.00 bits per heavy atom. The first kappa shape index (κ1) is 13.1. The van der Waals surface area contributed by atoms with Gasteiger partial charge in [-0.2, -0.15) is 0 Å². The lowest BCUT2D eigenvalue weighted by molar-refractivity contribution is 0.415. The van der Waals surface area contributed by atoms with Crippen molar-refractivity contribution in [3.8, 4) is 11.5 Å². The fourth-order valence-corrected chi connectivity index (χ4v) is 1.19. The van der Waals surface area contributed by atoms with Gasteiger partial charge < -0.3 is 15.6 Å². The zero-order chi connectivity index (χ0) is 12.5. The van der Waals surface area contributed by atoms with Crippen molar-refractivity contribution in [3.05, 3.63) is 60.2 Å². The first-order chi connectivity index (χ1) is 8.26. The average molecular weight is 231 g/mol. The van der Waals surface area contributed by atoms with Gasteiger partial charge in [0, 0.05) is 6.54 Å². The SMILES string of the molecule is COc1ccccc1.NCc1ccc(O)cc1. The molecule has 0 aliphatic heterocycles. The zero-order valence-electron chi connectivity index (χ0n) is 9.84. The van der Waals surface area contributed by atoms with E-state index < -0.39 is 0 Å². The highest BCUT2D eigenvalue weighted by atomic mass is 16.5. The summed E-state index contributed by atoms with van der Waals surface area (Å²) in [6.07, 6.45) is 0. The van der Waals surface area contributed by atoms with Crippen LogP contribution in [-0.4, -0.2) is 12.2 Å². The molecule has 90 valence electrons. The van der Waals surface area contributed by atoms with Gasteiger partial charge in [0.1, 0.15) is 11.5 Å². The molecule has 2 aromatic rings. The van der Waals surface area contributed by atoms with Crippen LogP contribution in [0.5, 0.6) is 11.5 Å². The van der Waals surface area contributed by atoms with Crippen LogP contribution in [0.2, 0.25) is 0 Å². The van der Waals surface area contributed by atoms with Gasteiger partial charge in [0.15, 0.2) is 0 Å². The van der Waals surface area contributed by atoms with Crippen LogP contribution in [-0.2, 0) is 6.54 Å². The van der Waals surface area contributed by atoms with Crippen LogP contribution in [0, 0.1) is 0 Å². The van der Waals surface area contributed by atoms with Gasteiger partial charge in [-0.3, -0.25) is 0 Å². The van der Waals surface area contributed by atoms with Gasteiger partial charge in [0.05, 0.1) is 7.11 Å². The van der Waals surface area contributed by atoms with Crippen LogP contribution < -0.4 is 10.5 Å². The number of methoxy groups -OCH3 is 1. The summed E-state index contributed by atoms with van der Waals surface area (Å²) in [6.45, 7) is 0.528. The van der Waals surface area contributed by atoms with E-state index in [4.69, 9.17) is 15.6 Å². The minimum atomic E-state index is 0.284. The van der Waals surface area contributed by atoms with E-state index in [-0.39, 0.29) is 5.75 Å². The molecule has 0 amide bonds. The first-order valence-electron chi connectivity index (χ1n) is 5.33. The second kappa shape index (κ2) is 7.30. The molecule has 0 radical (unpaired) electrons. The predicted octanol–water partition coefficient (Wildman–Crippen LogP) is 2.55. The van der Waals surface area contributed by atoms with Crippen molar-refractivity contribution in [1.29, 1.82) is 0 Å². The number of benzene rings is 2. The molecule has 3 nitrogen and oxygen atoms in total. The third kappa shape index (κ3) is 5.04. The third-order valence-corrected chi connectivity index (χ3v) is 2.15.